The van der Waals surface area contributed by atoms with Crippen molar-refractivity contribution in [1.29, 1.82) is 0 Å². The summed E-state index contributed by atoms with van der Waals surface area (Å²) < 4.78 is 18.3. The maximum absolute atomic E-state index is 6.10. The van der Waals surface area contributed by atoms with Crippen LogP contribution in [-0.4, -0.2) is 61.7 Å². The molecule has 294 valence electrons. The van der Waals surface area contributed by atoms with Crippen LogP contribution >= 0.6 is 35.3 Å². The topological polar surface area (TPSA) is 27.7 Å². The summed E-state index contributed by atoms with van der Waals surface area (Å²) in [5, 5.41) is 0. The van der Waals surface area contributed by atoms with Gasteiger partial charge in [-0.3, -0.25) is 0 Å². The standard InChI is InChI=1S/C42H87BO3S3/c1-4-7-10-13-16-19-22-28-37-47-40-31-25-34-44-43(45-35-26-32-41-48-38-29-23-20-17-14-11-8-5-2)46-36-27-33-42-49-39-30-24-21-18-15-12-9-6-3/h4-42H2,1-3H3. The molecular weight excluding hydrogens is 659 g/mol. The number of unbranched alkanes of at least 4 members (excludes halogenated alkanes) is 24. The molecule has 0 fully saturated rings. The summed E-state index contributed by atoms with van der Waals surface area (Å²) in [5.41, 5.74) is 0. The SMILES string of the molecule is CCCCCCCCCCSCCCCOB(OCCCCSCCCCCCCCCC)OCCCCSCCCCCCCCCC. The van der Waals surface area contributed by atoms with Crippen molar-refractivity contribution in [3.05, 3.63) is 0 Å². The zero-order valence-electron chi connectivity index (χ0n) is 33.6. The zero-order valence-corrected chi connectivity index (χ0v) is 36.1. The van der Waals surface area contributed by atoms with E-state index in [1.807, 2.05) is 0 Å². The fraction of sp³-hybridized carbons (Fsp3) is 1.00. The highest BCUT2D eigenvalue weighted by Gasteiger charge is 2.20. The van der Waals surface area contributed by atoms with Gasteiger partial charge in [0.2, 0.25) is 0 Å². The van der Waals surface area contributed by atoms with Crippen molar-refractivity contribution in [2.75, 3.05) is 54.3 Å². The average Bonchev–Trinajstić information content (AvgIpc) is 3.11. The quantitative estimate of drug-likeness (QED) is 0.0455. The molecule has 7 heteroatoms. The Bertz CT molecular complexity index is 499. The monoisotopic (exact) mass is 747 g/mol. The molecule has 3 nitrogen and oxygen atoms in total. The fourth-order valence-electron chi connectivity index (χ4n) is 5.92. The Morgan fingerprint density at radius 1 is 0.265 bits per heavy atom. The van der Waals surface area contributed by atoms with Crippen LogP contribution in [0.5, 0.6) is 0 Å². The molecule has 0 saturated heterocycles. The summed E-state index contributed by atoms with van der Waals surface area (Å²) in [6.45, 7) is 9.12. The van der Waals surface area contributed by atoms with Crippen molar-refractivity contribution in [2.24, 2.45) is 0 Å². The summed E-state index contributed by atoms with van der Waals surface area (Å²) in [7, 11) is -0.486. The highest BCUT2D eigenvalue weighted by Crippen LogP contribution is 2.15. The van der Waals surface area contributed by atoms with Crippen LogP contribution in [0, 0.1) is 0 Å². The van der Waals surface area contributed by atoms with E-state index >= 15 is 0 Å². The van der Waals surface area contributed by atoms with Gasteiger partial charge in [-0.1, -0.05) is 156 Å². The van der Waals surface area contributed by atoms with Gasteiger partial charge in [-0.05, 0) is 92.3 Å². The number of hydrogen-bond acceptors (Lipinski definition) is 6. The fourth-order valence-corrected chi connectivity index (χ4v) is 8.98. The molecule has 0 atom stereocenters. The zero-order chi connectivity index (χ0) is 35.4. The molecule has 0 aromatic heterocycles. The summed E-state index contributed by atoms with van der Waals surface area (Å²) >= 11 is 6.38. The molecular formula is C42H87BO3S3. The first-order chi connectivity index (χ1) is 24.3. The first-order valence-electron chi connectivity index (χ1n) is 21.9. The molecule has 0 rings (SSSR count). The normalized spacial score (nSPS) is 11.6. The Labute approximate surface area is 322 Å². The lowest BCUT2D eigenvalue weighted by atomic mass is 10.1. The third kappa shape index (κ3) is 45.1. The smallest absolute Gasteiger partial charge is 0.386 e. The van der Waals surface area contributed by atoms with Gasteiger partial charge in [0.05, 0.1) is 0 Å². The predicted octanol–water partition coefficient (Wildman–Crippen LogP) is 15.0. The molecule has 0 aliphatic rings. The van der Waals surface area contributed by atoms with Crippen LogP contribution < -0.4 is 0 Å². The molecule has 0 radical (unpaired) electrons. The lowest BCUT2D eigenvalue weighted by Gasteiger charge is -2.15. The van der Waals surface area contributed by atoms with E-state index in [9.17, 15) is 0 Å². The second kappa shape index (κ2) is 47.0. The summed E-state index contributed by atoms with van der Waals surface area (Å²) in [5.74, 6) is 7.71. The molecule has 0 bridgehead atoms. The Kier molecular flexibility index (Phi) is 48.0. The molecule has 0 aliphatic heterocycles. The predicted molar refractivity (Wildman–Crippen MR) is 231 cm³/mol. The number of thioether (sulfide) groups is 3. The molecule has 0 aliphatic carbocycles. The van der Waals surface area contributed by atoms with Gasteiger partial charge in [-0.2, -0.15) is 35.3 Å². The highest BCUT2D eigenvalue weighted by molar-refractivity contribution is 7.99. The molecule has 0 heterocycles. The van der Waals surface area contributed by atoms with E-state index < -0.39 is 7.32 Å². The average molecular weight is 747 g/mol. The molecule has 0 N–H and O–H groups in total. The van der Waals surface area contributed by atoms with Crippen molar-refractivity contribution in [3.8, 4) is 0 Å². The molecule has 0 amide bonds. The van der Waals surface area contributed by atoms with E-state index in [4.69, 9.17) is 14.0 Å². The van der Waals surface area contributed by atoms with Gasteiger partial charge in [0.1, 0.15) is 0 Å². The largest absolute Gasteiger partial charge is 0.639 e. The van der Waals surface area contributed by atoms with Crippen LogP contribution in [0.15, 0.2) is 0 Å². The van der Waals surface area contributed by atoms with Crippen LogP contribution in [0.4, 0.5) is 0 Å². The van der Waals surface area contributed by atoms with E-state index in [0.717, 1.165) is 39.1 Å². The lowest BCUT2D eigenvalue weighted by Crippen LogP contribution is -2.29. The van der Waals surface area contributed by atoms with Gasteiger partial charge in [-0.25, -0.2) is 0 Å². The van der Waals surface area contributed by atoms with Crippen LogP contribution in [0.3, 0.4) is 0 Å². The molecule has 0 aromatic carbocycles. The van der Waals surface area contributed by atoms with Crippen molar-refractivity contribution < 1.29 is 14.0 Å². The summed E-state index contributed by atoms with van der Waals surface area (Å²) in [4.78, 5) is 0. The van der Waals surface area contributed by atoms with Gasteiger partial charge in [0.25, 0.3) is 0 Å². The maximum Gasteiger partial charge on any atom is 0.639 e. The van der Waals surface area contributed by atoms with Gasteiger partial charge in [-0.15, -0.1) is 0 Å². The lowest BCUT2D eigenvalue weighted by molar-refractivity contribution is 0.0900. The molecule has 0 aromatic rings. The van der Waals surface area contributed by atoms with Gasteiger partial charge in [0, 0.05) is 19.8 Å². The van der Waals surface area contributed by atoms with E-state index in [0.29, 0.717) is 0 Å². The van der Waals surface area contributed by atoms with Crippen molar-refractivity contribution in [1.82, 2.24) is 0 Å². The van der Waals surface area contributed by atoms with Crippen molar-refractivity contribution in [3.63, 3.8) is 0 Å². The second-order valence-corrected chi connectivity index (χ2v) is 18.0. The summed E-state index contributed by atoms with van der Waals surface area (Å²) in [6, 6.07) is 0. The van der Waals surface area contributed by atoms with E-state index in [2.05, 4.69) is 56.1 Å². The van der Waals surface area contributed by atoms with E-state index in [-0.39, 0.29) is 0 Å². The maximum atomic E-state index is 6.10. The van der Waals surface area contributed by atoms with Crippen molar-refractivity contribution >= 4 is 42.6 Å². The first-order valence-corrected chi connectivity index (χ1v) is 25.4. The molecule has 49 heavy (non-hydrogen) atoms. The minimum absolute atomic E-state index is 0.486. The third-order valence-corrected chi connectivity index (χ3v) is 12.7. The Hall–Kier alpha value is 0.995. The van der Waals surface area contributed by atoms with Crippen LogP contribution in [0.2, 0.25) is 0 Å². The molecule has 0 saturated carbocycles. The molecule has 0 spiro atoms. The minimum Gasteiger partial charge on any atom is -0.386 e. The Balaban J connectivity index is 3.93. The van der Waals surface area contributed by atoms with Gasteiger partial charge >= 0.3 is 7.32 Å². The number of rotatable bonds is 45. The molecule has 0 unspecified atom stereocenters. The highest BCUT2D eigenvalue weighted by atomic mass is 32.2. The summed E-state index contributed by atoms with van der Waals surface area (Å²) in [6.07, 6.45) is 40.8. The first kappa shape index (κ1) is 50.0. The van der Waals surface area contributed by atoms with Gasteiger partial charge < -0.3 is 14.0 Å². The van der Waals surface area contributed by atoms with E-state index in [1.165, 1.54) is 208 Å². The Morgan fingerprint density at radius 2 is 0.469 bits per heavy atom. The second-order valence-electron chi connectivity index (χ2n) is 14.3. The van der Waals surface area contributed by atoms with Gasteiger partial charge in [0.15, 0.2) is 0 Å². The Morgan fingerprint density at radius 3 is 0.714 bits per heavy atom. The minimum atomic E-state index is -0.486. The number of hydrogen-bond donors (Lipinski definition) is 0. The van der Waals surface area contributed by atoms with Crippen molar-refractivity contribution in [2.45, 2.75) is 213 Å². The third-order valence-electron chi connectivity index (χ3n) is 9.24. The van der Waals surface area contributed by atoms with Crippen LogP contribution in [0.1, 0.15) is 213 Å². The van der Waals surface area contributed by atoms with Crippen LogP contribution in [0.25, 0.3) is 0 Å². The van der Waals surface area contributed by atoms with Crippen LogP contribution in [-0.2, 0) is 14.0 Å². The van der Waals surface area contributed by atoms with E-state index in [1.54, 1.807) is 0 Å².